The minimum absolute atomic E-state index is 0.0333. The average molecular weight is 373 g/mol. The molecule has 1 aromatic carbocycles. The Morgan fingerprint density at radius 3 is 2.56 bits per heavy atom. The van der Waals surface area contributed by atoms with E-state index in [4.69, 9.17) is 10.5 Å². The Morgan fingerprint density at radius 1 is 1.19 bits per heavy atom. The Kier molecular flexibility index (Phi) is 6.95. The van der Waals surface area contributed by atoms with Crippen molar-refractivity contribution in [3.8, 4) is 5.75 Å². The van der Waals surface area contributed by atoms with E-state index in [2.05, 4.69) is 23.7 Å². The van der Waals surface area contributed by atoms with Crippen LogP contribution in [0.5, 0.6) is 5.75 Å². The highest BCUT2D eigenvalue weighted by Crippen LogP contribution is 2.16. The summed E-state index contributed by atoms with van der Waals surface area (Å²) in [7, 11) is 2.90. The van der Waals surface area contributed by atoms with E-state index in [9.17, 15) is 9.59 Å². The first kappa shape index (κ1) is 20.4. The van der Waals surface area contributed by atoms with E-state index in [-0.39, 0.29) is 11.5 Å². The summed E-state index contributed by atoms with van der Waals surface area (Å²) in [6.07, 6.45) is 1.54. The summed E-state index contributed by atoms with van der Waals surface area (Å²) < 4.78 is 7.97. The summed E-state index contributed by atoms with van der Waals surface area (Å²) in [6, 6.07) is 7.42. The third-order valence-corrected chi connectivity index (χ3v) is 4.46. The van der Waals surface area contributed by atoms with Gasteiger partial charge in [0.2, 0.25) is 0 Å². The van der Waals surface area contributed by atoms with E-state index in [1.807, 2.05) is 24.3 Å². The number of nitrogen functional groups attached to an aromatic ring is 1. The van der Waals surface area contributed by atoms with E-state index in [1.54, 1.807) is 0 Å². The number of aromatic nitrogens is 2. The lowest BCUT2D eigenvalue weighted by Crippen LogP contribution is -2.37. The van der Waals surface area contributed by atoms with Crippen LogP contribution in [0, 0.1) is 0 Å². The molecule has 0 aliphatic rings. The van der Waals surface area contributed by atoms with Gasteiger partial charge in [0, 0.05) is 26.9 Å². The van der Waals surface area contributed by atoms with Crippen LogP contribution in [0.25, 0.3) is 0 Å². The molecule has 0 bridgehead atoms. The summed E-state index contributed by atoms with van der Waals surface area (Å²) in [6.45, 7) is 7.67. The molecule has 1 heterocycles. The van der Waals surface area contributed by atoms with Crippen LogP contribution in [0.2, 0.25) is 0 Å². The van der Waals surface area contributed by atoms with Gasteiger partial charge in [-0.05, 0) is 30.8 Å². The van der Waals surface area contributed by atoms with Crippen LogP contribution in [0.3, 0.4) is 0 Å². The number of benzene rings is 1. The monoisotopic (exact) mass is 373 g/mol. The molecule has 8 nitrogen and oxygen atoms in total. The Balaban J connectivity index is 2.17. The molecule has 0 radical (unpaired) electrons. The van der Waals surface area contributed by atoms with Gasteiger partial charge in [-0.2, -0.15) is 0 Å². The molecule has 2 N–H and O–H groups in total. The van der Waals surface area contributed by atoms with Gasteiger partial charge in [0.1, 0.15) is 18.2 Å². The number of nitrogens with zero attached hydrogens (tertiary/aromatic N) is 4. The maximum absolute atomic E-state index is 12.2. The van der Waals surface area contributed by atoms with Crippen molar-refractivity contribution in [2.45, 2.75) is 13.8 Å². The number of likely N-dealkylation sites (N-methyl/N-ethyl adjacent to an activating group) is 1. The number of aliphatic imine (C=N–C) groups is 1. The van der Waals surface area contributed by atoms with Crippen LogP contribution in [0.15, 0.2) is 38.8 Å². The van der Waals surface area contributed by atoms with Gasteiger partial charge in [-0.3, -0.25) is 13.9 Å². The zero-order chi connectivity index (χ0) is 20.0. The first-order valence-corrected chi connectivity index (χ1v) is 8.93. The van der Waals surface area contributed by atoms with Crippen molar-refractivity contribution >= 4 is 17.7 Å². The van der Waals surface area contributed by atoms with Crippen LogP contribution >= 0.6 is 0 Å². The molecular weight excluding hydrogens is 346 g/mol. The highest BCUT2D eigenvalue weighted by atomic mass is 16.5. The third kappa shape index (κ3) is 4.85. The molecule has 0 saturated carbocycles. The van der Waals surface area contributed by atoms with E-state index in [0.29, 0.717) is 6.61 Å². The third-order valence-electron chi connectivity index (χ3n) is 4.46. The normalized spacial score (nSPS) is 11.4. The lowest BCUT2D eigenvalue weighted by molar-refractivity contribution is 0.223. The van der Waals surface area contributed by atoms with Gasteiger partial charge in [0.25, 0.3) is 5.56 Å². The van der Waals surface area contributed by atoms with Gasteiger partial charge >= 0.3 is 5.69 Å². The minimum Gasteiger partial charge on any atom is -0.492 e. The SMILES string of the molecule is CCN(CC)CCOc1cccc(C=Nc2c(N)n(C)c(=O)n(C)c2=O)c1. The zero-order valence-corrected chi connectivity index (χ0v) is 16.3. The molecule has 27 heavy (non-hydrogen) atoms. The average Bonchev–Trinajstić information content (AvgIpc) is 2.68. The number of hydrogen-bond acceptors (Lipinski definition) is 6. The van der Waals surface area contributed by atoms with E-state index < -0.39 is 11.2 Å². The fraction of sp³-hybridized carbons (Fsp3) is 0.421. The van der Waals surface area contributed by atoms with Crippen molar-refractivity contribution in [1.29, 1.82) is 0 Å². The van der Waals surface area contributed by atoms with Crippen molar-refractivity contribution in [1.82, 2.24) is 14.0 Å². The molecule has 1 aromatic heterocycles. The Labute approximate surface area is 158 Å². The summed E-state index contributed by atoms with van der Waals surface area (Å²) in [5.41, 5.74) is 5.66. The highest BCUT2D eigenvalue weighted by Gasteiger charge is 2.11. The van der Waals surface area contributed by atoms with Crippen molar-refractivity contribution in [2.24, 2.45) is 19.1 Å². The Hall–Kier alpha value is -2.87. The van der Waals surface area contributed by atoms with E-state index >= 15 is 0 Å². The predicted molar refractivity (Wildman–Crippen MR) is 108 cm³/mol. The molecular formula is C19H27N5O3. The molecule has 8 heteroatoms. The first-order chi connectivity index (χ1) is 12.9. The van der Waals surface area contributed by atoms with Crippen LogP contribution in [-0.4, -0.2) is 46.5 Å². The van der Waals surface area contributed by atoms with Crippen LogP contribution in [0.1, 0.15) is 19.4 Å². The summed E-state index contributed by atoms with van der Waals surface area (Å²) >= 11 is 0. The minimum atomic E-state index is -0.529. The lowest BCUT2D eigenvalue weighted by Gasteiger charge is -2.18. The topological polar surface area (TPSA) is 94.8 Å². The molecule has 0 unspecified atom stereocenters. The van der Waals surface area contributed by atoms with Crippen LogP contribution < -0.4 is 21.7 Å². The standard InChI is InChI=1S/C19H27N5O3/c1-5-24(6-2)10-11-27-15-9-7-8-14(12-15)13-21-16-17(20)22(3)19(26)23(4)18(16)25/h7-9,12-13H,5-6,10-11,20H2,1-4H3. The maximum Gasteiger partial charge on any atom is 0.332 e. The van der Waals surface area contributed by atoms with Crippen molar-refractivity contribution in [2.75, 3.05) is 32.0 Å². The molecule has 0 fully saturated rings. The summed E-state index contributed by atoms with van der Waals surface area (Å²) in [5.74, 6) is 0.762. The van der Waals surface area contributed by atoms with E-state index in [0.717, 1.165) is 35.5 Å². The molecule has 0 atom stereocenters. The molecule has 2 rings (SSSR count). The molecule has 0 saturated heterocycles. The molecule has 146 valence electrons. The van der Waals surface area contributed by atoms with Crippen molar-refractivity contribution in [3.05, 3.63) is 50.7 Å². The Morgan fingerprint density at radius 2 is 1.89 bits per heavy atom. The number of rotatable bonds is 8. The number of ether oxygens (including phenoxy) is 1. The lowest BCUT2D eigenvalue weighted by atomic mass is 10.2. The zero-order valence-electron chi connectivity index (χ0n) is 16.3. The quantitative estimate of drug-likeness (QED) is 0.700. The second-order valence-corrected chi connectivity index (χ2v) is 6.15. The molecule has 0 spiro atoms. The second kappa shape index (κ2) is 9.18. The summed E-state index contributed by atoms with van der Waals surface area (Å²) in [5, 5.41) is 0. The number of hydrogen-bond donors (Lipinski definition) is 1. The van der Waals surface area contributed by atoms with E-state index in [1.165, 1.54) is 24.9 Å². The first-order valence-electron chi connectivity index (χ1n) is 8.93. The smallest absolute Gasteiger partial charge is 0.332 e. The second-order valence-electron chi connectivity index (χ2n) is 6.15. The number of nitrogens with two attached hydrogens (primary N) is 1. The van der Waals surface area contributed by atoms with Crippen LogP contribution in [-0.2, 0) is 14.1 Å². The fourth-order valence-electron chi connectivity index (χ4n) is 2.62. The fourth-order valence-corrected chi connectivity index (χ4v) is 2.62. The van der Waals surface area contributed by atoms with Gasteiger partial charge in [0.15, 0.2) is 5.69 Å². The van der Waals surface area contributed by atoms with Crippen molar-refractivity contribution < 1.29 is 4.74 Å². The van der Waals surface area contributed by atoms with Crippen LogP contribution in [0.4, 0.5) is 11.5 Å². The molecule has 0 aliphatic carbocycles. The van der Waals surface area contributed by atoms with Gasteiger partial charge in [-0.25, -0.2) is 9.79 Å². The Bertz CT molecular complexity index is 926. The van der Waals surface area contributed by atoms with Gasteiger partial charge in [-0.15, -0.1) is 0 Å². The largest absolute Gasteiger partial charge is 0.492 e. The molecule has 2 aromatic rings. The van der Waals surface area contributed by atoms with Gasteiger partial charge in [-0.1, -0.05) is 26.0 Å². The maximum atomic E-state index is 12.2. The molecule has 0 amide bonds. The van der Waals surface area contributed by atoms with Crippen molar-refractivity contribution in [3.63, 3.8) is 0 Å². The summed E-state index contributed by atoms with van der Waals surface area (Å²) in [4.78, 5) is 30.6. The van der Waals surface area contributed by atoms with Gasteiger partial charge in [0.05, 0.1) is 0 Å². The number of anilines is 1. The highest BCUT2D eigenvalue weighted by molar-refractivity contribution is 5.83. The molecule has 0 aliphatic heterocycles. The predicted octanol–water partition coefficient (Wildman–Crippen LogP) is 1.14. The van der Waals surface area contributed by atoms with Gasteiger partial charge < -0.3 is 15.4 Å².